The van der Waals surface area contributed by atoms with Crippen LogP contribution in [0.3, 0.4) is 0 Å². The summed E-state index contributed by atoms with van der Waals surface area (Å²) in [5.74, 6) is -0.440. The highest BCUT2D eigenvalue weighted by Gasteiger charge is 2.41. The maximum atomic E-state index is 11.5. The van der Waals surface area contributed by atoms with Crippen LogP contribution >= 0.6 is 12.4 Å². The molecule has 0 radical (unpaired) electrons. The average Bonchev–Trinajstić information content (AvgIpc) is 2.89. The third-order valence-corrected chi connectivity index (χ3v) is 2.22. The topological polar surface area (TPSA) is 59.4 Å². The number of hydrogen-bond acceptors (Lipinski definition) is 4. The minimum Gasteiger partial charge on any atom is -0.481 e. The molecule has 1 atom stereocenters. The molecular formula is C10H18ClNO3. The fraction of sp³-hybridized carbons (Fsp3) is 0.800. The van der Waals surface area contributed by atoms with E-state index in [1.807, 2.05) is 6.92 Å². The van der Waals surface area contributed by atoms with Crippen LogP contribution in [0, 0.1) is 17.2 Å². The van der Waals surface area contributed by atoms with Crippen LogP contribution in [0.4, 0.5) is 0 Å². The zero-order valence-corrected chi connectivity index (χ0v) is 9.93. The van der Waals surface area contributed by atoms with E-state index in [0.717, 1.165) is 12.8 Å². The monoisotopic (exact) mass is 235 g/mol. The second-order valence-corrected chi connectivity index (χ2v) is 3.36. The number of carbonyl (C=O) groups is 1. The molecule has 4 nitrogen and oxygen atoms in total. The molecule has 88 valence electrons. The van der Waals surface area contributed by atoms with Gasteiger partial charge in [-0.05, 0) is 32.6 Å². The molecule has 0 aromatic rings. The van der Waals surface area contributed by atoms with Gasteiger partial charge in [0, 0.05) is 0 Å². The predicted octanol–water partition coefficient (Wildman–Crippen LogP) is 2.01. The van der Waals surface area contributed by atoms with Gasteiger partial charge >= 0.3 is 5.97 Å². The molecule has 0 spiro atoms. The van der Waals surface area contributed by atoms with Gasteiger partial charge in [-0.1, -0.05) is 0 Å². The molecule has 1 aliphatic rings. The number of nitrogens with one attached hydrogen (secondary N) is 1. The molecule has 1 unspecified atom stereocenters. The highest BCUT2D eigenvalue weighted by molar-refractivity contribution is 5.97. The lowest BCUT2D eigenvalue weighted by molar-refractivity contribution is -0.146. The Hall–Kier alpha value is -0.770. The zero-order chi connectivity index (χ0) is 10.6. The standard InChI is InChI=1S/C10H17NO3.ClH/c1-3-13-9(11)8(7-5-6-7)10(12)14-4-2;/h7-8,11H,3-6H2,1-2H3;1H. The van der Waals surface area contributed by atoms with Crippen LogP contribution < -0.4 is 0 Å². The molecule has 0 saturated heterocycles. The molecule has 1 aliphatic carbocycles. The highest BCUT2D eigenvalue weighted by Crippen LogP contribution is 2.38. The maximum absolute atomic E-state index is 11.5. The molecule has 1 rings (SSSR count). The van der Waals surface area contributed by atoms with E-state index in [-0.39, 0.29) is 30.2 Å². The predicted molar refractivity (Wildman–Crippen MR) is 59.4 cm³/mol. The molecule has 1 saturated carbocycles. The highest BCUT2D eigenvalue weighted by atomic mass is 35.5. The first-order valence-corrected chi connectivity index (χ1v) is 5.08. The summed E-state index contributed by atoms with van der Waals surface area (Å²) in [6.45, 7) is 4.37. The number of esters is 1. The van der Waals surface area contributed by atoms with E-state index in [4.69, 9.17) is 14.9 Å². The summed E-state index contributed by atoms with van der Waals surface area (Å²) in [5.41, 5.74) is 0. The van der Waals surface area contributed by atoms with Gasteiger partial charge in [-0.25, -0.2) is 0 Å². The Morgan fingerprint density at radius 1 is 1.33 bits per heavy atom. The zero-order valence-electron chi connectivity index (χ0n) is 9.12. The largest absolute Gasteiger partial charge is 0.481 e. The Labute approximate surface area is 96.2 Å². The van der Waals surface area contributed by atoms with Crippen LogP contribution in [0.15, 0.2) is 0 Å². The summed E-state index contributed by atoms with van der Waals surface area (Å²) in [5, 5.41) is 7.60. The average molecular weight is 236 g/mol. The number of halogens is 1. The van der Waals surface area contributed by atoms with Crippen LogP contribution in [0.1, 0.15) is 26.7 Å². The van der Waals surface area contributed by atoms with Crippen LogP contribution in [-0.2, 0) is 14.3 Å². The van der Waals surface area contributed by atoms with Crippen LogP contribution in [0.25, 0.3) is 0 Å². The molecule has 0 amide bonds. The SMILES string of the molecule is CCOC(=N)C(C(=O)OCC)C1CC1.Cl. The van der Waals surface area contributed by atoms with Crippen molar-refractivity contribution in [3.8, 4) is 0 Å². The van der Waals surface area contributed by atoms with Crippen molar-refractivity contribution >= 4 is 24.3 Å². The summed E-state index contributed by atoms with van der Waals surface area (Å²) >= 11 is 0. The number of ether oxygens (including phenoxy) is 2. The summed E-state index contributed by atoms with van der Waals surface area (Å²) in [4.78, 5) is 11.5. The molecule has 0 heterocycles. The molecule has 5 heteroatoms. The van der Waals surface area contributed by atoms with Gasteiger partial charge in [-0.15, -0.1) is 12.4 Å². The lowest BCUT2D eigenvalue weighted by atomic mass is 10.0. The van der Waals surface area contributed by atoms with Crippen LogP contribution in [-0.4, -0.2) is 25.1 Å². The minimum absolute atomic E-state index is 0. The van der Waals surface area contributed by atoms with Crippen LogP contribution in [0.2, 0.25) is 0 Å². The quantitative estimate of drug-likeness (QED) is 0.451. The molecule has 1 N–H and O–H groups in total. The molecule has 0 aromatic heterocycles. The lowest BCUT2D eigenvalue weighted by Gasteiger charge is -2.15. The smallest absolute Gasteiger partial charge is 0.318 e. The Balaban J connectivity index is 0.00000196. The minimum atomic E-state index is -0.463. The van der Waals surface area contributed by atoms with Gasteiger partial charge in [0.05, 0.1) is 13.2 Å². The van der Waals surface area contributed by atoms with Crippen molar-refractivity contribution in [2.24, 2.45) is 11.8 Å². The van der Waals surface area contributed by atoms with Crippen molar-refractivity contribution in [3.63, 3.8) is 0 Å². The van der Waals surface area contributed by atoms with Gasteiger partial charge in [-0.2, -0.15) is 0 Å². The van der Waals surface area contributed by atoms with Gasteiger partial charge < -0.3 is 9.47 Å². The third-order valence-electron chi connectivity index (χ3n) is 2.22. The van der Waals surface area contributed by atoms with E-state index in [9.17, 15) is 4.79 Å². The van der Waals surface area contributed by atoms with E-state index in [2.05, 4.69) is 0 Å². The van der Waals surface area contributed by atoms with Crippen molar-refractivity contribution in [1.82, 2.24) is 0 Å². The molecule has 0 aliphatic heterocycles. The fourth-order valence-electron chi connectivity index (χ4n) is 1.42. The molecular weight excluding hydrogens is 218 g/mol. The Morgan fingerprint density at radius 2 is 1.87 bits per heavy atom. The summed E-state index contributed by atoms with van der Waals surface area (Å²) in [6, 6.07) is 0. The Kier molecular flexibility index (Phi) is 6.32. The Bertz CT molecular complexity index is 211. The van der Waals surface area contributed by atoms with E-state index >= 15 is 0 Å². The summed E-state index contributed by atoms with van der Waals surface area (Å²) in [6.07, 6.45) is 2.00. The van der Waals surface area contributed by atoms with E-state index < -0.39 is 5.92 Å². The Morgan fingerprint density at radius 3 is 2.27 bits per heavy atom. The van der Waals surface area contributed by atoms with Gasteiger partial charge in [-0.3, -0.25) is 10.2 Å². The molecule has 0 bridgehead atoms. The van der Waals surface area contributed by atoms with E-state index in [1.165, 1.54) is 0 Å². The number of rotatable bonds is 5. The maximum Gasteiger partial charge on any atom is 0.318 e. The van der Waals surface area contributed by atoms with E-state index in [1.54, 1.807) is 6.92 Å². The second kappa shape index (κ2) is 6.67. The fourth-order valence-corrected chi connectivity index (χ4v) is 1.42. The first-order valence-electron chi connectivity index (χ1n) is 5.08. The number of hydrogen-bond donors (Lipinski definition) is 1. The third kappa shape index (κ3) is 4.08. The van der Waals surface area contributed by atoms with Gasteiger partial charge in [0.2, 0.25) is 0 Å². The summed E-state index contributed by atoms with van der Waals surface area (Å²) < 4.78 is 9.97. The lowest BCUT2D eigenvalue weighted by Crippen LogP contribution is -2.29. The first-order chi connectivity index (χ1) is 6.70. The molecule has 1 fully saturated rings. The van der Waals surface area contributed by atoms with Gasteiger partial charge in [0.25, 0.3) is 0 Å². The van der Waals surface area contributed by atoms with Crippen molar-refractivity contribution < 1.29 is 14.3 Å². The van der Waals surface area contributed by atoms with Crippen LogP contribution in [0.5, 0.6) is 0 Å². The normalized spacial score (nSPS) is 16.1. The van der Waals surface area contributed by atoms with Crippen molar-refractivity contribution in [1.29, 1.82) is 5.41 Å². The molecule has 15 heavy (non-hydrogen) atoms. The van der Waals surface area contributed by atoms with Crippen molar-refractivity contribution in [3.05, 3.63) is 0 Å². The summed E-state index contributed by atoms with van der Waals surface area (Å²) in [7, 11) is 0. The van der Waals surface area contributed by atoms with Gasteiger partial charge in [0.15, 0.2) is 5.90 Å². The van der Waals surface area contributed by atoms with Crippen molar-refractivity contribution in [2.45, 2.75) is 26.7 Å². The van der Waals surface area contributed by atoms with Gasteiger partial charge in [0.1, 0.15) is 5.92 Å². The van der Waals surface area contributed by atoms with Crippen molar-refractivity contribution in [2.75, 3.05) is 13.2 Å². The molecule has 0 aromatic carbocycles. The first kappa shape index (κ1) is 14.2. The second-order valence-electron chi connectivity index (χ2n) is 3.36. The van der Waals surface area contributed by atoms with E-state index in [0.29, 0.717) is 13.2 Å². The number of carbonyl (C=O) groups excluding carboxylic acids is 1.